The van der Waals surface area contributed by atoms with Gasteiger partial charge in [-0.2, -0.15) is 0 Å². The molecule has 1 N–H and O–H groups in total. The summed E-state index contributed by atoms with van der Waals surface area (Å²) in [5, 5.41) is 3.00. The van der Waals surface area contributed by atoms with Gasteiger partial charge in [0, 0.05) is 25.6 Å². The number of carbonyl (C=O) groups excluding carboxylic acids is 2. The molecule has 0 heterocycles. The zero-order chi connectivity index (χ0) is 27.6. The molecule has 0 saturated carbocycles. The number of methoxy groups -OCH3 is 1. The second-order valence-corrected chi connectivity index (χ2v) is 11.3. The zero-order valence-electron chi connectivity index (χ0n) is 22.9. The Labute approximate surface area is 222 Å². The normalized spacial score (nSPS) is 12.9. The van der Waals surface area contributed by atoms with Crippen molar-refractivity contribution in [3.8, 4) is 5.75 Å². The van der Waals surface area contributed by atoms with Gasteiger partial charge in [0.15, 0.2) is 0 Å². The fourth-order valence-corrected chi connectivity index (χ4v) is 5.04. The predicted molar refractivity (Wildman–Crippen MR) is 148 cm³/mol. The van der Waals surface area contributed by atoms with Gasteiger partial charge in [0.05, 0.1) is 19.1 Å². The summed E-state index contributed by atoms with van der Waals surface area (Å²) >= 11 is 0. The monoisotopic (exact) mass is 531 g/mol. The molecule has 2 rings (SSSR count). The van der Waals surface area contributed by atoms with Crippen LogP contribution in [-0.4, -0.2) is 57.1 Å². The van der Waals surface area contributed by atoms with Gasteiger partial charge in [-0.05, 0) is 50.8 Å². The summed E-state index contributed by atoms with van der Waals surface area (Å²) in [6.07, 6.45) is 2.78. The third-order valence-corrected chi connectivity index (χ3v) is 7.55. The van der Waals surface area contributed by atoms with E-state index in [0.29, 0.717) is 24.4 Å². The fraction of sp³-hybridized carbons (Fsp3) is 0.500. The highest BCUT2D eigenvalue weighted by molar-refractivity contribution is 7.92. The summed E-state index contributed by atoms with van der Waals surface area (Å²) < 4.78 is 31.8. The van der Waals surface area contributed by atoms with Gasteiger partial charge in [0.1, 0.15) is 11.8 Å². The molecule has 2 amide bonds. The van der Waals surface area contributed by atoms with Crippen LogP contribution in [0.25, 0.3) is 0 Å². The number of nitrogens with one attached hydrogen (secondary N) is 1. The number of nitrogens with zero attached hydrogens (tertiary/aromatic N) is 2. The molecule has 0 radical (unpaired) electrons. The van der Waals surface area contributed by atoms with Gasteiger partial charge < -0.3 is 15.0 Å². The highest BCUT2D eigenvalue weighted by Gasteiger charge is 2.29. The van der Waals surface area contributed by atoms with Gasteiger partial charge in [-0.1, -0.05) is 55.8 Å². The third-order valence-electron chi connectivity index (χ3n) is 6.37. The molecule has 204 valence electrons. The maximum absolute atomic E-state index is 13.5. The second kappa shape index (κ2) is 14.0. The molecule has 0 aliphatic carbocycles. The lowest BCUT2D eigenvalue weighted by molar-refractivity contribution is -0.141. The van der Waals surface area contributed by atoms with Crippen molar-refractivity contribution in [3.63, 3.8) is 0 Å². The molecular weight excluding hydrogens is 490 g/mol. The van der Waals surface area contributed by atoms with E-state index in [9.17, 15) is 18.0 Å². The van der Waals surface area contributed by atoms with Crippen LogP contribution in [0.2, 0.25) is 0 Å². The van der Waals surface area contributed by atoms with Crippen molar-refractivity contribution >= 4 is 27.5 Å². The van der Waals surface area contributed by atoms with Gasteiger partial charge in [-0.25, -0.2) is 8.42 Å². The first-order chi connectivity index (χ1) is 17.5. The van der Waals surface area contributed by atoms with Crippen LogP contribution in [0.1, 0.15) is 57.6 Å². The molecule has 37 heavy (non-hydrogen) atoms. The van der Waals surface area contributed by atoms with Crippen molar-refractivity contribution in [2.24, 2.45) is 0 Å². The molecule has 2 atom stereocenters. The summed E-state index contributed by atoms with van der Waals surface area (Å²) in [6.45, 7) is 8.23. The molecule has 2 aromatic carbocycles. The minimum absolute atomic E-state index is 0.00190. The lowest BCUT2D eigenvalue weighted by Crippen LogP contribution is -2.50. The average molecular weight is 532 g/mol. The van der Waals surface area contributed by atoms with E-state index in [-0.39, 0.29) is 37.2 Å². The molecular formula is C28H41N3O5S. The molecule has 0 aliphatic heterocycles. The highest BCUT2D eigenvalue weighted by Crippen LogP contribution is 2.29. The average Bonchev–Trinajstić information content (AvgIpc) is 2.86. The van der Waals surface area contributed by atoms with E-state index in [1.807, 2.05) is 52.0 Å². The topological polar surface area (TPSA) is 96.0 Å². The number of rotatable bonds is 14. The van der Waals surface area contributed by atoms with Crippen molar-refractivity contribution < 1.29 is 22.7 Å². The van der Waals surface area contributed by atoms with E-state index < -0.39 is 16.1 Å². The number of ether oxygens (including phenoxy) is 1. The Morgan fingerprint density at radius 2 is 1.68 bits per heavy atom. The molecule has 0 spiro atoms. The van der Waals surface area contributed by atoms with Crippen LogP contribution in [0.15, 0.2) is 48.5 Å². The lowest BCUT2D eigenvalue weighted by atomic mass is 10.1. The minimum Gasteiger partial charge on any atom is -0.495 e. The minimum atomic E-state index is -3.61. The smallest absolute Gasteiger partial charge is 0.243 e. The third kappa shape index (κ3) is 8.77. The van der Waals surface area contributed by atoms with Gasteiger partial charge in [0.2, 0.25) is 21.8 Å². The second-order valence-electron chi connectivity index (χ2n) is 9.36. The zero-order valence-corrected chi connectivity index (χ0v) is 23.7. The number of sulfonamides is 1. The van der Waals surface area contributed by atoms with Crippen molar-refractivity contribution in [3.05, 3.63) is 59.7 Å². The number of benzene rings is 2. The van der Waals surface area contributed by atoms with E-state index in [4.69, 9.17) is 4.74 Å². The Balaban J connectivity index is 2.24. The molecule has 0 bridgehead atoms. The fourth-order valence-electron chi connectivity index (χ4n) is 4.07. The molecule has 0 aromatic heterocycles. The summed E-state index contributed by atoms with van der Waals surface area (Å²) in [7, 11) is -2.12. The van der Waals surface area contributed by atoms with Crippen molar-refractivity contribution in [2.45, 2.75) is 72.0 Å². The van der Waals surface area contributed by atoms with Gasteiger partial charge >= 0.3 is 0 Å². The van der Waals surface area contributed by atoms with Gasteiger partial charge in [-0.3, -0.25) is 13.9 Å². The molecule has 0 unspecified atom stereocenters. The molecule has 0 fully saturated rings. The highest BCUT2D eigenvalue weighted by atomic mass is 32.2. The largest absolute Gasteiger partial charge is 0.495 e. The first kappa shape index (κ1) is 30.2. The quantitative estimate of drug-likeness (QED) is 0.393. The molecule has 9 heteroatoms. The van der Waals surface area contributed by atoms with E-state index in [2.05, 4.69) is 5.32 Å². The van der Waals surface area contributed by atoms with Crippen LogP contribution in [0.5, 0.6) is 5.75 Å². The maximum Gasteiger partial charge on any atom is 0.243 e. The number of hydrogen-bond acceptors (Lipinski definition) is 5. The number of carbonyl (C=O) groups is 2. The van der Waals surface area contributed by atoms with E-state index in [1.54, 1.807) is 29.2 Å². The Bertz CT molecular complexity index is 1130. The number of para-hydroxylation sites is 2. The number of anilines is 1. The van der Waals surface area contributed by atoms with E-state index in [1.165, 1.54) is 11.4 Å². The van der Waals surface area contributed by atoms with Crippen LogP contribution in [0, 0.1) is 6.92 Å². The molecule has 0 aliphatic rings. The molecule has 0 saturated heterocycles. The van der Waals surface area contributed by atoms with Crippen molar-refractivity contribution in [1.29, 1.82) is 0 Å². The Hall–Kier alpha value is -3.07. The first-order valence-corrected chi connectivity index (χ1v) is 14.6. The van der Waals surface area contributed by atoms with Crippen molar-refractivity contribution in [1.82, 2.24) is 10.2 Å². The van der Waals surface area contributed by atoms with Crippen LogP contribution in [-0.2, 0) is 26.2 Å². The summed E-state index contributed by atoms with van der Waals surface area (Å²) in [6, 6.07) is 14.2. The Morgan fingerprint density at radius 3 is 2.24 bits per heavy atom. The number of hydrogen-bond donors (Lipinski definition) is 1. The van der Waals surface area contributed by atoms with Crippen molar-refractivity contribution in [2.75, 3.05) is 24.2 Å². The van der Waals surface area contributed by atoms with E-state index in [0.717, 1.165) is 23.8 Å². The number of amides is 2. The predicted octanol–water partition coefficient (Wildman–Crippen LogP) is 4.27. The molecule has 8 nitrogen and oxygen atoms in total. The van der Waals surface area contributed by atoms with Crippen LogP contribution < -0.4 is 14.4 Å². The maximum atomic E-state index is 13.5. The summed E-state index contributed by atoms with van der Waals surface area (Å²) in [5.74, 6) is 0.0670. The van der Waals surface area contributed by atoms with Crippen LogP contribution >= 0.6 is 0 Å². The van der Waals surface area contributed by atoms with E-state index >= 15 is 0 Å². The molecule has 2 aromatic rings. The summed E-state index contributed by atoms with van der Waals surface area (Å²) in [5.41, 5.74) is 2.47. The standard InChI is InChI=1S/C28H41N3O5S/c1-7-22(4)29-28(33)24(8-2)30(20-23-17-15-21(3)16-18-23)27(32)14-11-19-31(37(6,34)35)25-12-9-10-13-26(25)36-5/h9-10,12-13,15-18,22,24H,7-8,11,14,19-20H2,1-6H3,(H,29,33)/t22-,24-/m1/s1. The van der Waals surface area contributed by atoms with Gasteiger partial charge in [0.25, 0.3) is 0 Å². The van der Waals surface area contributed by atoms with Crippen LogP contribution in [0.4, 0.5) is 5.69 Å². The number of aryl methyl sites for hydroxylation is 1. The van der Waals surface area contributed by atoms with Crippen LogP contribution in [0.3, 0.4) is 0 Å². The first-order valence-electron chi connectivity index (χ1n) is 12.8. The SMILES string of the molecule is CC[C@@H](C)NC(=O)[C@@H](CC)N(Cc1ccc(C)cc1)C(=O)CCCN(c1ccccc1OC)S(C)(=O)=O. The Morgan fingerprint density at radius 1 is 1.03 bits per heavy atom. The summed E-state index contributed by atoms with van der Waals surface area (Å²) in [4.78, 5) is 28.2. The Kier molecular flexibility index (Phi) is 11.4. The lowest BCUT2D eigenvalue weighted by Gasteiger charge is -2.32. The van der Waals surface area contributed by atoms with Gasteiger partial charge in [-0.15, -0.1) is 0 Å².